The van der Waals surface area contributed by atoms with Crippen LogP contribution in [0.25, 0.3) is 22.3 Å². The van der Waals surface area contributed by atoms with E-state index < -0.39 is 66.8 Å². The average Bonchev–Trinajstić information content (AvgIpc) is 1.77. The summed E-state index contributed by atoms with van der Waals surface area (Å²) in [6.45, 7) is 10.4. The van der Waals surface area contributed by atoms with Crippen LogP contribution in [0, 0.1) is 53.4 Å². The predicted octanol–water partition coefficient (Wildman–Crippen LogP) is 10.7. The minimum Gasteiger partial charge on any atom is -0.508 e. The lowest BCUT2D eigenvalue weighted by molar-refractivity contribution is 0.0972. The van der Waals surface area contributed by atoms with E-state index in [0.29, 0.717) is 48.4 Å². The SMILES string of the molecule is Cc1cc(B(O)O)cnc1F.Cc1cc(C(=O)NS(C)(=O)=O)ccc1-c1cnc(F)c(C)c1.Cc1cc(C(=O)NS(C)(=O)=O)ccc1-c1cnc(Oc2cc(Cl)cc(Cl)c2)c(C)c1.Cc1cc(C(=O)NS(C)(=O)=O)ccc1Br.Oc1cc(Cl)cc(Cl)c1. The third kappa shape index (κ3) is 24.5. The molecule has 8 aromatic rings. The number of nitrogens with one attached hydrogen (secondary N) is 3. The Morgan fingerprint density at radius 2 is 0.862 bits per heavy atom. The number of ether oxygens (including phenoxy) is 1. The molecule has 87 heavy (non-hydrogen) atoms. The molecule has 0 aliphatic heterocycles. The molecule has 0 radical (unpaired) electrons. The van der Waals surface area contributed by atoms with Gasteiger partial charge in [0.05, 0.1) is 18.8 Å². The van der Waals surface area contributed by atoms with E-state index >= 15 is 0 Å². The van der Waals surface area contributed by atoms with Crippen molar-refractivity contribution in [1.29, 1.82) is 0 Å². The highest BCUT2D eigenvalue weighted by Crippen LogP contribution is 2.32. The third-order valence-corrected chi connectivity index (χ3v) is 14.6. The molecule has 0 aliphatic carbocycles. The lowest BCUT2D eigenvalue weighted by atomic mass is 9.81. The Hall–Kier alpha value is -7.11. The van der Waals surface area contributed by atoms with Gasteiger partial charge in [-0.25, -0.2) is 54.4 Å². The topological polar surface area (TPSA) is 298 Å². The summed E-state index contributed by atoms with van der Waals surface area (Å²) in [5.74, 6) is -2.11. The summed E-state index contributed by atoms with van der Waals surface area (Å²) in [5, 5.41) is 27.9. The Labute approximate surface area is 530 Å². The number of aryl methyl sites for hydroxylation is 6. The Morgan fingerprint density at radius 3 is 1.22 bits per heavy atom. The van der Waals surface area contributed by atoms with Gasteiger partial charge < -0.3 is 19.9 Å². The molecule has 19 nitrogen and oxygen atoms in total. The molecule has 30 heteroatoms. The number of sulfonamides is 3. The maximum atomic E-state index is 13.2. The van der Waals surface area contributed by atoms with Gasteiger partial charge in [-0.1, -0.05) is 80.5 Å². The first kappa shape index (κ1) is 72.4. The molecule has 0 bridgehead atoms. The van der Waals surface area contributed by atoms with Crippen molar-refractivity contribution in [3.8, 4) is 39.6 Å². The molecule has 0 saturated carbocycles. The van der Waals surface area contributed by atoms with E-state index in [4.69, 9.17) is 66.3 Å². The van der Waals surface area contributed by atoms with Crippen molar-refractivity contribution in [2.45, 2.75) is 41.5 Å². The van der Waals surface area contributed by atoms with Crippen LogP contribution in [0.5, 0.6) is 17.4 Å². The normalized spacial score (nSPS) is 10.9. The van der Waals surface area contributed by atoms with Gasteiger partial charge in [0, 0.05) is 93.1 Å². The summed E-state index contributed by atoms with van der Waals surface area (Å²) in [6, 6.07) is 28.8. The molecule has 3 amide bonds. The van der Waals surface area contributed by atoms with Crippen LogP contribution >= 0.6 is 62.3 Å². The summed E-state index contributed by atoms with van der Waals surface area (Å²) in [7, 11) is -12.3. The fraction of sp³-hybridized carbons (Fsp3) is 0.158. The Kier molecular flexibility index (Phi) is 26.4. The molecule has 460 valence electrons. The van der Waals surface area contributed by atoms with Gasteiger partial charge in [0.1, 0.15) is 11.5 Å². The average molecular weight is 1400 g/mol. The maximum absolute atomic E-state index is 13.2. The second kappa shape index (κ2) is 31.7. The summed E-state index contributed by atoms with van der Waals surface area (Å²) in [6.07, 6.45) is 6.96. The van der Waals surface area contributed by atoms with Crippen molar-refractivity contribution in [2.24, 2.45) is 0 Å². The quantitative estimate of drug-likeness (QED) is 0.0518. The second-order valence-electron chi connectivity index (χ2n) is 18.9. The maximum Gasteiger partial charge on any atom is 0.490 e. The standard InChI is InChI=1S/C21H18Cl2N2O4S.C15H15FN2O3S.C9H10BrNO3S.C6H7BFNO2.C6H4Cl2O/c1-12-6-14(20(26)25-30(3,27)28)4-5-19(12)15-7-13(2)21(24-11-15)29-18-9-16(22)8-17(23)10-18;1-9-6-11(15(19)18-22(3,20)21)4-5-13(9)12-7-10(2)14(16)17-8-12;1-6-5-7(3-4-8(6)10)9(12)11-15(2,13)14;1-4-2-5(7(10)11)3-9-6(4)8;7-4-1-5(8)3-6(9)2-4/h4-11H,1-3H3,(H,25,26);4-8H,1-3H3,(H,18,19);3-5H,1-2H3,(H,11,12);2-3,10-11H,1H3;1-3,9H. The van der Waals surface area contributed by atoms with Gasteiger partial charge in [-0.2, -0.15) is 8.78 Å². The highest BCUT2D eigenvalue weighted by Gasteiger charge is 2.17. The Morgan fingerprint density at radius 1 is 0.494 bits per heavy atom. The number of hydrogen-bond donors (Lipinski definition) is 6. The highest BCUT2D eigenvalue weighted by atomic mass is 79.9. The van der Waals surface area contributed by atoms with Crippen molar-refractivity contribution < 1.29 is 68.3 Å². The van der Waals surface area contributed by atoms with E-state index in [1.54, 1.807) is 98.9 Å². The first-order valence-corrected chi connectivity index (χ1v) is 32.7. The predicted molar refractivity (Wildman–Crippen MR) is 337 cm³/mol. The van der Waals surface area contributed by atoms with Gasteiger partial charge in [0.25, 0.3) is 17.7 Å². The van der Waals surface area contributed by atoms with E-state index in [9.17, 15) is 48.4 Å². The number of nitrogens with zero attached hydrogens (tertiary/aromatic N) is 3. The lowest BCUT2D eigenvalue weighted by Crippen LogP contribution is -2.30. The fourth-order valence-electron chi connectivity index (χ4n) is 7.21. The fourth-order valence-corrected chi connectivity index (χ4v) is 9.84. The van der Waals surface area contributed by atoms with Crippen LogP contribution in [0.15, 0.2) is 132 Å². The van der Waals surface area contributed by atoms with E-state index in [1.165, 1.54) is 37.4 Å². The molecule has 3 aromatic heterocycles. The number of carbonyl (C=O) groups is 3. The van der Waals surface area contributed by atoms with Crippen LogP contribution in [-0.2, 0) is 30.1 Å². The molecular weight excluding hydrogens is 1340 g/mol. The van der Waals surface area contributed by atoms with Gasteiger partial charge in [0.15, 0.2) is 0 Å². The van der Waals surface area contributed by atoms with Gasteiger partial charge in [0.2, 0.25) is 47.8 Å². The van der Waals surface area contributed by atoms with Gasteiger partial charge in [-0.05, 0) is 160 Å². The first-order chi connectivity index (χ1) is 40.3. The molecule has 0 fully saturated rings. The van der Waals surface area contributed by atoms with E-state index in [1.807, 2.05) is 41.0 Å². The van der Waals surface area contributed by atoms with E-state index in [0.717, 1.165) is 73.9 Å². The number of aromatic nitrogens is 3. The summed E-state index contributed by atoms with van der Waals surface area (Å²) in [5.41, 5.74) is 8.17. The minimum absolute atomic E-state index is 0.0903. The van der Waals surface area contributed by atoms with Gasteiger partial charge in [-0.15, -0.1) is 0 Å². The molecule has 0 spiro atoms. The van der Waals surface area contributed by atoms with E-state index in [-0.39, 0.29) is 22.3 Å². The van der Waals surface area contributed by atoms with Crippen LogP contribution in [0.4, 0.5) is 8.78 Å². The van der Waals surface area contributed by atoms with Crippen molar-refractivity contribution >= 4 is 123 Å². The van der Waals surface area contributed by atoms with Crippen LogP contribution in [-0.4, -0.2) is 99.0 Å². The molecule has 3 heterocycles. The zero-order chi connectivity index (χ0) is 65.5. The molecule has 0 saturated heterocycles. The first-order valence-electron chi connectivity index (χ1n) is 24.7. The Bertz CT molecular complexity index is 4170. The molecular formula is C57H54BBrCl4F2N6O13S3. The Balaban J connectivity index is 0.000000249. The number of pyridine rings is 3. The van der Waals surface area contributed by atoms with Crippen molar-refractivity contribution in [2.75, 3.05) is 18.8 Å². The van der Waals surface area contributed by atoms with Crippen LogP contribution in [0.1, 0.15) is 64.5 Å². The largest absolute Gasteiger partial charge is 0.508 e. The summed E-state index contributed by atoms with van der Waals surface area (Å²) in [4.78, 5) is 46.6. The molecule has 0 atom stereocenters. The summed E-state index contributed by atoms with van der Waals surface area (Å²) >= 11 is 26.3. The van der Waals surface area contributed by atoms with Crippen molar-refractivity contribution in [3.63, 3.8) is 0 Å². The third-order valence-electron chi connectivity index (χ3n) is 11.1. The number of hydrogen-bond acceptors (Lipinski definition) is 16. The number of amides is 3. The number of carbonyl (C=O) groups excluding carboxylic acids is 3. The van der Waals surface area contributed by atoms with Crippen molar-refractivity contribution in [3.05, 3.63) is 214 Å². The van der Waals surface area contributed by atoms with Gasteiger partial charge >= 0.3 is 7.12 Å². The van der Waals surface area contributed by atoms with Crippen molar-refractivity contribution in [1.82, 2.24) is 29.1 Å². The van der Waals surface area contributed by atoms with Gasteiger partial charge in [-0.3, -0.25) is 14.4 Å². The zero-order valence-corrected chi connectivity index (χ0v) is 54.4. The molecule has 5 aromatic carbocycles. The molecule has 0 aliphatic rings. The van der Waals surface area contributed by atoms with Crippen LogP contribution in [0.2, 0.25) is 20.1 Å². The number of rotatable bonds is 11. The monoisotopic (exact) mass is 1390 g/mol. The van der Waals surface area contributed by atoms with Crippen LogP contribution < -0.4 is 24.4 Å². The number of aromatic hydroxyl groups is 1. The summed E-state index contributed by atoms with van der Waals surface area (Å²) < 4.78 is 104. The number of phenolic OH excluding ortho intramolecular Hbond substituents is 1. The second-order valence-corrected chi connectivity index (χ2v) is 26.7. The molecule has 0 unspecified atom stereocenters. The lowest BCUT2D eigenvalue weighted by Gasteiger charge is -2.12. The van der Waals surface area contributed by atoms with E-state index in [2.05, 4.69) is 30.9 Å². The smallest absolute Gasteiger partial charge is 0.490 e. The highest BCUT2D eigenvalue weighted by molar-refractivity contribution is 9.10. The minimum atomic E-state index is -3.63. The molecule has 6 N–H and O–H groups in total. The van der Waals surface area contributed by atoms with Crippen LogP contribution in [0.3, 0.4) is 0 Å². The number of halogens is 7. The number of benzene rings is 5. The zero-order valence-electron chi connectivity index (χ0n) is 47.3. The number of phenols is 1. The molecule has 8 rings (SSSR count).